The van der Waals surface area contributed by atoms with Crippen LogP contribution in [0.1, 0.15) is 18.9 Å². The van der Waals surface area contributed by atoms with Gasteiger partial charge in [0, 0.05) is 16.9 Å². The highest BCUT2D eigenvalue weighted by molar-refractivity contribution is 7.14. The lowest BCUT2D eigenvalue weighted by atomic mass is 10.2. The van der Waals surface area contributed by atoms with E-state index in [0.717, 1.165) is 23.2 Å². The molecule has 2 aromatic carbocycles. The molecule has 3 aromatic rings. The molecule has 1 heterocycles. The number of hydrogen-bond donors (Lipinski definition) is 0. The van der Waals surface area contributed by atoms with E-state index in [1.807, 2.05) is 35.7 Å². The Morgan fingerprint density at radius 1 is 1.19 bits per heavy atom. The number of hydrogen-bond acceptors (Lipinski definition) is 3. The number of amides is 1. The highest BCUT2D eigenvalue weighted by Crippen LogP contribution is 2.41. The molecule has 3 nitrogen and oxygen atoms in total. The van der Waals surface area contributed by atoms with Gasteiger partial charge in [-0.1, -0.05) is 37.3 Å². The zero-order valence-corrected chi connectivity index (χ0v) is 15.2. The number of benzene rings is 2. The summed E-state index contributed by atoms with van der Waals surface area (Å²) in [7, 11) is 0. The van der Waals surface area contributed by atoms with Gasteiger partial charge < -0.3 is 0 Å². The molecule has 5 heteroatoms. The molecule has 1 aliphatic carbocycles. The van der Waals surface area contributed by atoms with Gasteiger partial charge in [0.25, 0.3) is 0 Å². The fraction of sp³-hybridized carbons (Fsp3) is 0.238. The minimum atomic E-state index is -0.271. The second-order valence-corrected chi connectivity index (χ2v) is 7.59. The monoisotopic (exact) mass is 366 g/mol. The number of halogens is 1. The number of carbonyl (C=O) groups excluding carboxylic acids is 1. The van der Waals surface area contributed by atoms with Crippen molar-refractivity contribution in [3.8, 4) is 11.3 Å². The van der Waals surface area contributed by atoms with Crippen molar-refractivity contribution in [1.29, 1.82) is 0 Å². The van der Waals surface area contributed by atoms with Gasteiger partial charge >= 0.3 is 0 Å². The SMILES string of the molecule is CC1CC1C(=O)N(Cc1ccccc1)c1nc(-c2ccc(F)cc2)cs1. The normalized spacial score (nSPS) is 18.5. The lowest BCUT2D eigenvalue weighted by Crippen LogP contribution is -2.32. The van der Waals surface area contributed by atoms with Crippen molar-refractivity contribution in [2.75, 3.05) is 4.90 Å². The van der Waals surface area contributed by atoms with E-state index < -0.39 is 0 Å². The molecule has 0 saturated heterocycles. The van der Waals surface area contributed by atoms with Crippen molar-refractivity contribution in [1.82, 2.24) is 4.98 Å². The summed E-state index contributed by atoms with van der Waals surface area (Å²) >= 11 is 1.45. The van der Waals surface area contributed by atoms with Crippen LogP contribution in [0.4, 0.5) is 9.52 Å². The molecule has 4 rings (SSSR count). The standard InChI is InChI=1S/C21H19FN2OS/c1-14-11-18(14)20(25)24(12-15-5-3-2-4-6-15)21-23-19(13-26-21)16-7-9-17(22)10-8-16/h2-10,13-14,18H,11-12H2,1H3. The van der Waals surface area contributed by atoms with E-state index in [0.29, 0.717) is 17.6 Å². The topological polar surface area (TPSA) is 33.2 Å². The van der Waals surface area contributed by atoms with Gasteiger partial charge in [0.15, 0.2) is 5.13 Å². The van der Waals surface area contributed by atoms with Crippen LogP contribution in [-0.4, -0.2) is 10.9 Å². The van der Waals surface area contributed by atoms with Crippen molar-refractivity contribution in [2.45, 2.75) is 19.9 Å². The van der Waals surface area contributed by atoms with Crippen LogP contribution >= 0.6 is 11.3 Å². The summed E-state index contributed by atoms with van der Waals surface area (Å²) in [6.45, 7) is 2.62. The smallest absolute Gasteiger partial charge is 0.232 e. The predicted octanol–water partition coefficient (Wildman–Crippen LogP) is 5.14. The third kappa shape index (κ3) is 3.53. The van der Waals surface area contributed by atoms with Gasteiger partial charge in [-0.05, 0) is 42.2 Å². The molecule has 2 unspecified atom stereocenters. The third-order valence-electron chi connectivity index (χ3n) is 4.74. The molecule has 0 bridgehead atoms. The van der Waals surface area contributed by atoms with E-state index in [4.69, 9.17) is 0 Å². The Morgan fingerprint density at radius 3 is 2.54 bits per heavy atom. The predicted molar refractivity (Wildman–Crippen MR) is 102 cm³/mol. The quantitative estimate of drug-likeness (QED) is 0.626. The second-order valence-electron chi connectivity index (χ2n) is 6.75. The van der Waals surface area contributed by atoms with Crippen LogP contribution in [0.3, 0.4) is 0 Å². The van der Waals surface area contributed by atoms with Crippen LogP contribution in [0.5, 0.6) is 0 Å². The summed E-state index contributed by atoms with van der Waals surface area (Å²) in [5.41, 5.74) is 2.69. The Morgan fingerprint density at radius 2 is 1.88 bits per heavy atom. The van der Waals surface area contributed by atoms with Crippen LogP contribution < -0.4 is 4.90 Å². The molecule has 1 saturated carbocycles. The van der Waals surface area contributed by atoms with Crippen molar-refractivity contribution in [2.24, 2.45) is 11.8 Å². The average molecular weight is 366 g/mol. The largest absolute Gasteiger partial charge is 0.283 e. The van der Waals surface area contributed by atoms with Crippen molar-refractivity contribution < 1.29 is 9.18 Å². The Balaban J connectivity index is 1.63. The summed E-state index contributed by atoms with van der Waals surface area (Å²) in [4.78, 5) is 19.4. The molecule has 0 aliphatic heterocycles. The van der Waals surface area contributed by atoms with E-state index in [2.05, 4.69) is 11.9 Å². The second kappa shape index (κ2) is 7.00. The van der Waals surface area contributed by atoms with Crippen LogP contribution in [0.25, 0.3) is 11.3 Å². The van der Waals surface area contributed by atoms with E-state index in [1.54, 1.807) is 17.0 Å². The number of rotatable bonds is 5. The van der Waals surface area contributed by atoms with E-state index >= 15 is 0 Å². The Bertz CT molecular complexity index is 907. The lowest BCUT2D eigenvalue weighted by Gasteiger charge is -2.20. The summed E-state index contributed by atoms with van der Waals surface area (Å²) < 4.78 is 13.1. The lowest BCUT2D eigenvalue weighted by molar-refractivity contribution is -0.120. The minimum absolute atomic E-state index is 0.0943. The first kappa shape index (κ1) is 16.9. The Hall–Kier alpha value is -2.53. The molecule has 26 heavy (non-hydrogen) atoms. The van der Waals surface area contributed by atoms with Crippen LogP contribution in [0.15, 0.2) is 60.0 Å². The number of nitrogens with zero attached hydrogens (tertiary/aromatic N) is 2. The van der Waals surface area contributed by atoms with Crippen LogP contribution in [-0.2, 0) is 11.3 Å². The van der Waals surface area contributed by atoms with Crippen molar-refractivity contribution in [3.63, 3.8) is 0 Å². The molecule has 1 aromatic heterocycles. The average Bonchev–Trinajstić information content (AvgIpc) is 3.19. The van der Waals surface area contributed by atoms with Crippen LogP contribution in [0.2, 0.25) is 0 Å². The maximum atomic E-state index is 13.1. The number of carbonyl (C=O) groups is 1. The molecule has 132 valence electrons. The van der Waals surface area contributed by atoms with Gasteiger partial charge in [0.2, 0.25) is 5.91 Å². The maximum absolute atomic E-state index is 13.1. The molecule has 1 amide bonds. The van der Waals surface area contributed by atoms with Gasteiger partial charge in [0.1, 0.15) is 5.82 Å². The third-order valence-corrected chi connectivity index (χ3v) is 5.60. The summed E-state index contributed by atoms with van der Waals surface area (Å²) in [6, 6.07) is 16.2. The molecular formula is C21H19FN2OS. The molecular weight excluding hydrogens is 347 g/mol. The number of thiazole rings is 1. The first-order valence-corrected chi connectivity index (χ1v) is 9.56. The highest BCUT2D eigenvalue weighted by atomic mass is 32.1. The number of aromatic nitrogens is 1. The van der Waals surface area contributed by atoms with Gasteiger partial charge in [-0.3, -0.25) is 9.69 Å². The summed E-state index contributed by atoms with van der Waals surface area (Å²) in [5, 5.41) is 2.61. The molecule has 0 radical (unpaired) electrons. The highest BCUT2D eigenvalue weighted by Gasteiger charge is 2.42. The number of anilines is 1. The Kier molecular flexibility index (Phi) is 4.55. The zero-order chi connectivity index (χ0) is 18.1. The first-order chi connectivity index (χ1) is 12.6. The van der Waals surface area contributed by atoms with E-state index in [-0.39, 0.29) is 17.6 Å². The first-order valence-electron chi connectivity index (χ1n) is 8.68. The zero-order valence-electron chi connectivity index (χ0n) is 14.4. The molecule has 0 N–H and O–H groups in total. The molecule has 0 spiro atoms. The molecule has 1 fully saturated rings. The molecule has 1 aliphatic rings. The van der Waals surface area contributed by atoms with E-state index in [9.17, 15) is 9.18 Å². The van der Waals surface area contributed by atoms with Crippen molar-refractivity contribution in [3.05, 3.63) is 71.4 Å². The van der Waals surface area contributed by atoms with Crippen LogP contribution in [0, 0.1) is 17.7 Å². The van der Waals surface area contributed by atoms with E-state index in [1.165, 1.54) is 23.5 Å². The summed E-state index contributed by atoms with van der Waals surface area (Å²) in [6.07, 6.45) is 0.945. The minimum Gasteiger partial charge on any atom is -0.283 e. The molecule has 2 atom stereocenters. The fourth-order valence-corrected chi connectivity index (χ4v) is 3.85. The van der Waals surface area contributed by atoms with Gasteiger partial charge in [-0.15, -0.1) is 11.3 Å². The Labute approximate surface area is 156 Å². The maximum Gasteiger partial charge on any atom is 0.232 e. The summed E-state index contributed by atoms with van der Waals surface area (Å²) in [5.74, 6) is 0.406. The van der Waals surface area contributed by atoms with Crippen molar-refractivity contribution >= 4 is 22.4 Å². The van der Waals surface area contributed by atoms with Gasteiger partial charge in [-0.25, -0.2) is 9.37 Å². The van der Waals surface area contributed by atoms with Gasteiger partial charge in [-0.2, -0.15) is 0 Å². The van der Waals surface area contributed by atoms with Gasteiger partial charge in [0.05, 0.1) is 12.2 Å². The fourth-order valence-electron chi connectivity index (χ4n) is 3.01.